The fourth-order valence-corrected chi connectivity index (χ4v) is 1.51. The molecule has 2 heteroatoms. The van der Waals surface area contributed by atoms with Crippen molar-refractivity contribution in [2.75, 3.05) is 13.7 Å². The van der Waals surface area contributed by atoms with Crippen molar-refractivity contribution in [1.82, 2.24) is 0 Å². The van der Waals surface area contributed by atoms with Crippen LogP contribution in [0.3, 0.4) is 0 Å². The van der Waals surface area contributed by atoms with Crippen molar-refractivity contribution in [1.29, 1.82) is 0 Å². The van der Waals surface area contributed by atoms with E-state index in [1.165, 1.54) is 0 Å². The summed E-state index contributed by atoms with van der Waals surface area (Å²) in [6.07, 6.45) is 5.14. The third-order valence-electron chi connectivity index (χ3n) is 2.30. The molecule has 0 aliphatic carbocycles. The van der Waals surface area contributed by atoms with Gasteiger partial charge in [0.05, 0.1) is 7.11 Å². The zero-order valence-electron chi connectivity index (χ0n) is 10.3. The Morgan fingerprint density at radius 1 is 1.31 bits per heavy atom. The van der Waals surface area contributed by atoms with Crippen LogP contribution in [0.1, 0.15) is 26.3 Å². The fraction of sp³-hybridized carbons (Fsp3) is 0.429. The van der Waals surface area contributed by atoms with Crippen LogP contribution < -0.4 is 9.47 Å². The van der Waals surface area contributed by atoms with Gasteiger partial charge in [-0.25, -0.2) is 0 Å². The summed E-state index contributed by atoms with van der Waals surface area (Å²) in [6.45, 7) is 6.71. The molecule has 0 saturated heterocycles. The van der Waals surface area contributed by atoms with Crippen LogP contribution in [0.4, 0.5) is 0 Å². The normalized spacial score (nSPS) is 10.7. The van der Waals surface area contributed by atoms with Crippen molar-refractivity contribution in [3.05, 3.63) is 23.8 Å². The first-order chi connectivity index (χ1) is 7.49. The Morgan fingerprint density at radius 2 is 2.00 bits per heavy atom. The first-order valence-electron chi connectivity index (χ1n) is 5.24. The molecule has 1 rings (SSSR count). The van der Waals surface area contributed by atoms with Gasteiger partial charge in [-0.05, 0) is 17.0 Å². The van der Waals surface area contributed by atoms with E-state index in [9.17, 15) is 0 Å². The van der Waals surface area contributed by atoms with Crippen molar-refractivity contribution in [2.24, 2.45) is 0 Å². The van der Waals surface area contributed by atoms with Gasteiger partial charge in [-0.15, -0.1) is 6.42 Å². The number of ether oxygens (including phenoxy) is 2. The third-order valence-corrected chi connectivity index (χ3v) is 2.30. The first kappa shape index (κ1) is 12.4. The van der Waals surface area contributed by atoms with Crippen molar-refractivity contribution >= 4 is 0 Å². The maximum absolute atomic E-state index is 5.36. The van der Waals surface area contributed by atoms with Gasteiger partial charge >= 0.3 is 0 Å². The lowest BCUT2D eigenvalue weighted by molar-refractivity contribution is 0.359. The molecule has 0 saturated carbocycles. The molecule has 0 aliphatic heterocycles. The molecule has 0 heterocycles. The van der Waals surface area contributed by atoms with Crippen LogP contribution in [0.5, 0.6) is 11.5 Å². The maximum atomic E-state index is 5.36. The second-order valence-electron chi connectivity index (χ2n) is 4.60. The van der Waals surface area contributed by atoms with Crippen LogP contribution >= 0.6 is 0 Å². The molecule has 0 spiro atoms. The zero-order valence-corrected chi connectivity index (χ0v) is 10.3. The summed E-state index contributed by atoms with van der Waals surface area (Å²) in [4.78, 5) is 0. The highest BCUT2D eigenvalue weighted by atomic mass is 16.5. The Balaban J connectivity index is 3.03. The molecule has 1 aromatic rings. The SMILES string of the molecule is C#CCOc1ccc(C(C)(C)C)c(OC)c1. The van der Waals surface area contributed by atoms with Crippen LogP contribution in [-0.2, 0) is 5.41 Å². The minimum atomic E-state index is 0.0516. The van der Waals surface area contributed by atoms with Crippen LogP contribution in [0, 0.1) is 12.3 Å². The van der Waals surface area contributed by atoms with E-state index >= 15 is 0 Å². The lowest BCUT2D eigenvalue weighted by Crippen LogP contribution is -2.12. The smallest absolute Gasteiger partial charge is 0.148 e. The maximum Gasteiger partial charge on any atom is 0.148 e. The first-order valence-corrected chi connectivity index (χ1v) is 5.24. The fourth-order valence-electron chi connectivity index (χ4n) is 1.51. The van der Waals surface area contributed by atoms with Crippen molar-refractivity contribution < 1.29 is 9.47 Å². The predicted octanol–water partition coefficient (Wildman–Crippen LogP) is 3.00. The topological polar surface area (TPSA) is 18.5 Å². The Labute approximate surface area is 97.6 Å². The number of hydrogen-bond acceptors (Lipinski definition) is 2. The Hall–Kier alpha value is -1.62. The van der Waals surface area contributed by atoms with Gasteiger partial charge < -0.3 is 9.47 Å². The van der Waals surface area contributed by atoms with Gasteiger partial charge in [0, 0.05) is 6.07 Å². The number of terminal acetylenes is 1. The minimum Gasteiger partial charge on any atom is -0.496 e. The number of hydrogen-bond donors (Lipinski definition) is 0. The highest BCUT2D eigenvalue weighted by Crippen LogP contribution is 2.33. The number of benzene rings is 1. The van der Waals surface area contributed by atoms with Crippen molar-refractivity contribution in [2.45, 2.75) is 26.2 Å². The molecule has 0 unspecified atom stereocenters. The summed E-state index contributed by atoms with van der Waals surface area (Å²) >= 11 is 0. The number of methoxy groups -OCH3 is 1. The zero-order chi connectivity index (χ0) is 12.2. The second-order valence-corrected chi connectivity index (χ2v) is 4.60. The average Bonchev–Trinajstić information content (AvgIpc) is 2.24. The van der Waals surface area contributed by atoms with Gasteiger partial charge in [0.1, 0.15) is 18.1 Å². The molecule has 1 aromatic carbocycles. The predicted molar refractivity (Wildman–Crippen MR) is 66.0 cm³/mol. The summed E-state index contributed by atoms with van der Waals surface area (Å²) < 4.78 is 10.7. The van der Waals surface area contributed by atoms with Crippen molar-refractivity contribution in [3.63, 3.8) is 0 Å². The highest BCUT2D eigenvalue weighted by molar-refractivity contribution is 5.44. The Bertz CT molecular complexity index is 394. The summed E-state index contributed by atoms with van der Waals surface area (Å²) in [7, 11) is 1.66. The summed E-state index contributed by atoms with van der Waals surface area (Å²) in [5.41, 5.74) is 1.21. The summed E-state index contributed by atoms with van der Waals surface area (Å²) in [5, 5.41) is 0. The quantitative estimate of drug-likeness (QED) is 0.726. The standard InChI is InChI=1S/C14H18O2/c1-6-9-16-11-7-8-12(14(2,3)4)13(10-11)15-5/h1,7-8,10H,9H2,2-5H3. The molecule has 0 aliphatic rings. The third kappa shape index (κ3) is 2.93. The van der Waals surface area contributed by atoms with Gasteiger partial charge in [0.15, 0.2) is 0 Å². The lowest BCUT2D eigenvalue weighted by atomic mass is 9.86. The molecule has 0 N–H and O–H groups in total. The monoisotopic (exact) mass is 218 g/mol. The average molecular weight is 218 g/mol. The molecule has 16 heavy (non-hydrogen) atoms. The van der Waals surface area contributed by atoms with Crippen LogP contribution in [0.15, 0.2) is 18.2 Å². The molecular formula is C14H18O2. The van der Waals surface area contributed by atoms with Crippen LogP contribution in [0.25, 0.3) is 0 Å². The van der Waals surface area contributed by atoms with E-state index < -0.39 is 0 Å². The van der Waals surface area contributed by atoms with E-state index in [4.69, 9.17) is 15.9 Å². The van der Waals surface area contributed by atoms with Crippen LogP contribution in [-0.4, -0.2) is 13.7 Å². The summed E-state index contributed by atoms with van der Waals surface area (Å²) in [6, 6.07) is 5.81. The van der Waals surface area contributed by atoms with Crippen LogP contribution in [0.2, 0.25) is 0 Å². The molecule has 0 amide bonds. The van der Waals surface area contributed by atoms with Gasteiger partial charge in [0.2, 0.25) is 0 Å². The van der Waals surface area contributed by atoms with Gasteiger partial charge in [-0.1, -0.05) is 32.8 Å². The Morgan fingerprint density at radius 3 is 2.50 bits per heavy atom. The van der Waals surface area contributed by atoms with E-state index in [2.05, 4.69) is 26.7 Å². The molecule has 0 bridgehead atoms. The van der Waals surface area contributed by atoms with E-state index in [1.807, 2.05) is 18.2 Å². The van der Waals surface area contributed by atoms with Gasteiger partial charge in [-0.2, -0.15) is 0 Å². The second kappa shape index (κ2) is 4.94. The van der Waals surface area contributed by atoms with Crippen molar-refractivity contribution in [3.8, 4) is 23.8 Å². The molecule has 2 nitrogen and oxygen atoms in total. The Kier molecular flexibility index (Phi) is 3.84. The van der Waals surface area contributed by atoms with Gasteiger partial charge in [0.25, 0.3) is 0 Å². The largest absolute Gasteiger partial charge is 0.496 e. The summed E-state index contributed by atoms with van der Waals surface area (Å²) in [5.74, 6) is 4.01. The lowest BCUT2D eigenvalue weighted by Gasteiger charge is -2.22. The van der Waals surface area contributed by atoms with Gasteiger partial charge in [-0.3, -0.25) is 0 Å². The molecule has 0 fully saturated rings. The molecule has 0 radical (unpaired) electrons. The van der Waals surface area contributed by atoms with E-state index in [0.29, 0.717) is 0 Å². The van der Waals surface area contributed by atoms with E-state index in [1.54, 1.807) is 7.11 Å². The van der Waals surface area contributed by atoms with E-state index in [-0.39, 0.29) is 12.0 Å². The molecule has 0 aromatic heterocycles. The molecule has 0 atom stereocenters. The number of rotatable bonds is 3. The van der Waals surface area contributed by atoms with E-state index in [0.717, 1.165) is 17.1 Å². The molecular weight excluding hydrogens is 200 g/mol. The highest BCUT2D eigenvalue weighted by Gasteiger charge is 2.18. The molecule has 86 valence electrons. The minimum absolute atomic E-state index is 0.0516.